The molecular weight excluding hydrogens is 447 g/mol. The van der Waals surface area contributed by atoms with Gasteiger partial charge in [-0.05, 0) is 41.8 Å². The van der Waals surface area contributed by atoms with Crippen LogP contribution < -0.4 is 16.6 Å². The zero-order valence-corrected chi connectivity index (χ0v) is 17.7. The smallest absolute Gasteiger partial charge is 0.324 e. The highest BCUT2D eigenvalue weighted by atomic mass is 35.5. The molecule has 0 bridgehead atoms. The van der Waals surface area contributed by atoms with Crippen LogP contribution in [0.25, 0.3) is 11.4 Å². The van der Waals surface area contributed by atoms with Crippen LogP contribution in [0.5, 0.6) is 0 Å². The Morgan fingerprint density at radius 1 is 1.10 bits per heavy atom. The number of anilines is 1. The number of amides is 1. The van der Waals surface area contributed by atoms with E-state index in [2.05, 4.69) is 10.3 Å². The summed E-state index contributed by atoms with van der Waals surface area (Å²) in [6.45, 7) is 0.0172. The quantitative estimate of drug-likeness (QED) is 0.493. The number of nitrogens with one attached hydrogen (secondary N) is 1. The number of aromatic nitrogens is 3. The number of benzene rings is 1. The van der Waals surface area contributed by atoms with Crippen molar-refractivity contribution >= 4 is 46.1 Å². The third-order valence-corrected chi connectivity index (χ3v) is 5.96. The lowest BCUT2D eigenvalue weighted by atomic mass is 10.2. The molecule has 7 nitrogen and oxygen atoms in total. The molecule has 10 heteroatoms. The Morgan fingerprint density at radius 2 is 1.93 bits per heavy atom. The van der Waals surface area contributed by atoms with E-state index in [0.29, 0.717) is 15.7 Å². The number of carbonyl (C=O) groups is 1. The minimum atomic E-state index is -0.661. The standard InChI is InChI=1S/C20H14Cl2N4O3S/c21-15-6-5-12(9-16(15)22)23-17(27)11-25-7-1-4-14-18(25)24-20(29)26(19(14)28)10-13-3-2-8-30-13/h1-9H,10-11H2,(H,23,27). The van der Waals surface area contributed by atoms with Gasteiger partial charge in [0.25, 0.3) is 5.56 Å². The average molecular weight is 461 g/mol. The second-order valence-electron chi connectivity index (χ2n) is 6.42. The molecule has 2 aromatic rings. The number of hydrogen-bond acceptors (Lipinski definition) is 5. The minimum Gasteiger partial charge on any atom is -0.324 e. The van der Waals surface area contributed by atoms with Crippen LogP contribution in [0.2, 0.25) is 10.0 Å². The summed E-state index contributed by atoms with van der Waals surface area (Å²) in [6, 6.07) is 11.7. The number of rotatable bonds is 5. The van der Waals surface area contributed by atoms with Gasteiger partial charge in [0.2, 0.25) is 5.91 Å². The molecule has 0 aliphatic carbocycles. The molecular formula is C20H14Cl2N4O3S. The van der Waals surface area contributed by atoms with Gasteiger partial charge in [-0.2, -0.15) is 4.98 Å². The molecule has 0 saturated carbocycles. The van der Waals surface area contributed by atoms with Gasteiger partial charge in [0.15, 0.2) is 5.82 Å². The van der Waals surface area contributed by atoms with Gasteiger partial charge in [0.1, 0.15) is 6.54 Å². The maximum absolute atomic E-state index is 12.9. The first kappa shape index (κ1) is 20.3. The van der Waals surface area contributed by atoms with Gasteiger partial charge in [0.05, 0.1) is 22.2 Å². The first-order valence-electron chi connectivity index (χ1n) is 8.79. The molecule has 3 heterocycles. The Bertz CT molecular complexity index is 1310. The summed E-state index contributed by atoms with van der Waals surface area (Å²) in [6.07, 6.45) is 1.59. The van der Waals surface area contributed by atoms with Gasteiger partial charge in [-0.1, -0.05) is 29.3 Å². The third kappa shape index (κ3) is 4.16. The predicted molar refractivity (Wildman–Crippen MR) is 118 cm³/mol. The molecule has 0 unspecified atom stereocenters. The molecule has 1 amide bonds. The summed E-state index contributed by atoms with van der Waals surface area (Å²) in [5.41, 5.74) is -0.370. The van der Waals surface area contributed by atoms with E-state index in [1.807, 2.05) is 17.5 Å². The van der Waals surface area contributed by atoms with Crippen LogP contribution in [0.4, 0.5) is 5.69 Å². The lowest BCUT2D eigenvalue weighted by Gasteiger charge is -2.15. The van der Waals surface area contributed by atoms with Crippen LogP contribution in [0.1, 0.15) is 4.88 Å². The van der Waals surface area contributed by atoms with Gasteiger partial charge in [-0.3, -0.25) is 14.2 Å². The molecule has 0 saturated heterocycles. The van der Waals surface area contributed by atoms with E-state index in [-0.39, 0.29) is 30.4 Å². The van der Waals surface area contributed by atoms with E-state index in [1.165, 1.54) is 22.0 Å². The van der Waals surface area contributed by atoms with Crippen LogP contribution in [0.3, 0.4) is 0 Å². The Kier molecular flexibility index (Phi) is 5.72. The summed E-state index contributed by atoms with van der Waals surface area (Å²) in [4.78, 5) is 42.8. The van der Waals surface area contributed by atoms with Gasteiger partial charge in [-0.25, -0.2) is 4.79 Å². The van der Waals surface area contributed by atoms with Crippen molar-refractivity contribution < 1.29 is 4.79 Å². The number of carbonyl (C=O) groups excluding carboxylic acids is 1. The number of halogens is 2. The molecule has 30 heavy (non-hydrogen) atoms. The predicted octanol–water partition coefficient (Wildman–Crippen LogP) is 3.57. The maximum Gasteiger partial charge on any atom is 0.352 e. The molecule has 0 atom stereocenters. The fraction of sp³-hybridized carbons (Fsp3) is 0.100. The highest BCUT2D eigenvalue weighted by molar-refractivity contribution is 7.09. The van der Waals surface area contributed by atoms with Crippen molar-refractivity contribution in [3.63, 3.8) is 0 Å². The van der Waals surface area contributed by atoms with Gasteiger partial charge in [-0.15, -0.1) is 11.3 Å². The maximum atomic E-state index is 12.9. The van der Waals surface area contributed by atoms with Crippen molar-refractivity contribution in [1.82, 2.24) is 14.1 Å². The van der Waals surface area contributed by atoms with Crippen molar-refractivity contribution in [2.75, 3.05) is 5.32 Å². The van der Waals surface area contributed by atoms with Crippen molar-refractivity contribution in [2.45, 2.75) is 13.1 Å². The molecule has 0 spiro atoms. The van der Waals surface area contributed by atoms with Gasteiger partial charge < -0.3 is 9.88 Å². The Morgan fingerprint density at radius 3 is 2.67 bits per heavy atom. The normalized spacial score (nSPS) is 11.0. The monoisotopic (exact) mass is 460 g/mol. The van der Waals surface area contributed by atoms with Gasteiger partial charge >= 0.3 is 5.69 Å². The summed E-state index contributed by atoms with van der Waals surface area (Å²) in [5.74, 6) is -0.220. The van der Waals surface area contributed by atoms with Crippen molar-refractivity contribution in [3.8, 4) is 11.4 Å². The largest absolute Gasteiger partial charge is 0.352 e. The second-order valence-corrected chi connectivity index (χ2v) is 8.26. The van der Waals surface area contributed by atoms with E-state index in [4.69, 9.17) is 23.2 Å². The molecule has 0 radical (unpaired) electrons. The van der Waals surface area contributed by atoms with Crippen molar-refractivity contribution in [3.05, 3.63) is 89.8 Å². The van der Waals surface area contributed by atoms with E-state index in [0.717, 1.165) is 9.44 Å². The summed E-state index contributed by atoms with van der Waals surface area (Å²) in [5, 5.41) is 5.27. The van der Waals surface area contributed by atoms with E-state index in [1.54, 1.807) is 30.5 Å². The fourth-order valence-electron chi connectivity index (χ4n) is 2.97. The Labute approximate surface area is 184 Å². The SMILES string of the molecule is O=C(Cn1cccc2c(=O)n(Cc3cccs3)c(=O)nc1-2)Nc1ccc(Cl)c(Cl)c1. The molecule has 1 aromatic carbocycles. The zero-order chi connectivity index (χ0) is 21.3. The van der Waals surface area contributed by atoms with Crippen LogP contribution in [0.15, 0.2) is 63.6 Å². The zero-order valence-electron chi connectivity index (χ0n) is 15.3. The molecule has 2 aliphatic heterocycles. The fourth-order valence-corrected chi connectivity index (χ4v) is 3.96. The first-order valence-corrected chi connectivity index (χ1v) is 10.4. The van der Waals surface area contributed by atoms with E-state index < -0.39 is 11.2 Å². The van der Waals surface area contributed by atoms with Crippen LogP contribution >= 0.6 is 34.5 Å². The second kappa shape index (κ2) is 8.43. The molecule has 4 rings (SSSR count). The summed E-state index contributed by atoms with van der Waals surface area (Å²) < 4.78 is 2.55. The molecule has 1 aromatic heterocycles. The Hall–Kier alpha value is -2.94. The van der Waals surface area contributed by atoms with Crippen molar-refractivity contribution in [2.24, 2.45) is 0 Å². The first-order chi connectivity index (χ1) is 14.4. The third-order valence-electron chi connectivity index (χ3n) is 4.36. The number of thiophene rings is 1. The Balaban J connectivity index is 1.63. The minimum absolute atomic E-state index is 0.140. The number of fused-ring (bicyclic) bond motifs is 1. The summed E-state index contributed by atoms with van der Waals surface area (Å²) >= 11 is 13.3. The number of pyridine rings is 1. The van der Waals surface area contributed by atoms with Gasteiger partial charge in [0, 0.05) is 16.8 Å². The molecule has 1 N–H and O–H groups in total. The number of hydrogen-bond donors (Lipinski definition) is 1. The van der Waals surface area contributed by atoms with E-state index in [9.17, 15) is 14.4 Å². The molecule has 2 aliphatic rings. The van der Waals surface area contributed by atoms with Crippen LogP contribution in [-0.2, 0) is 17.9 Å². The number of nitrogens with zero attached hydrogens (tertiary/aromatic N) is 3. The van der Waals surface area contributed by atoms with E-state index >= 15 is 0 Å². The highest BCUT2D eigenvalue weighted by Crippen LogP contribution is 2.25. The molecule has 0 fully saturated rings. The summed E-state index contributed by atoms with van der Waals surface area (Å²) in [7, 11) is 0. The van der Waals surface area contributed by atoms with Crippen LogP contribution in [0, 0.1) is 0 Å². The lowest BCUT2D eigenvalue weighted by Crippen LogP contribution is -2.38. The van der Waals surface area contributed by atoms with Crippen LogP contribution in [-0.4, -0.2) is 20.0 Å². The highest BCUT2D eigenvalue weighted by Gasteiger charge is 2.18. The van der Waals surface area contributed by atoms with Crippen molar-refractivity contribution in [1.29, 1.82) is 0 Å². The lowest BCUT2D eigenvalue weighted by molar-refractivity contribution is -0.116. The topological polar surface area (TPSA) is 86.0 Å². The molecule has 152 valence electrons. The average Bonchev–Trinajstić information content (AvgIpc) is 3.22.